The fourth-order valence-electron chi connectivity index (χ4n) is 3.28. The number of thiazole rings is 1. The Kier molecular flexibility index (Phi) is 5.75. The normalized spacial score (nSPS) is 14.1. The molecule has 0 saturated carbocycles. The number of amides is 2. The monoisotopic (exact) mass is 427 g/mol. The Labute approximate surface area is 177 Å². The van der Waals surface area contributed by atoms with Crippen LogP contribution in [-0.4, -0.2) is 48.0 Å². The van der Waals surface area contributed by atoms with Gasteiger partial charge < -0.3 is 15.0 Å². The Balaban J connectivity index is 1.73. The van der Waals surface area contributed by atoms with Crippen molar-refractivity contribution in [3.05, 3.63) is 57.5 Å². The van der Waals surface area contributed by atoms with Gasteiger partial charge in [-0.1, -0.05) is 30.3 Å². The molecule has 1 aliphatic rings. The summed E-state index contributed by atoms with van der Waals surface area (Å²) in [6, 6.07) is 9.91. The number of anilines is 1. The second-order valence-electron chi connectivity index (χ2n) is 6.74. The van der Waals surface area contributed by atoms with Crippen molar-refractivity contribution in [2.75, 3.05) is 31.6 Å². The predicted molar refractivity (Wildman–Crippen MR) is 116 cm³/mol. The lowest BCUT2D eigenvalue weighted by Gasteiger charge is -2.27. The summed E-state index contributed by atoms with van der Waals surface area (Å²) >= 11 is 2.85. The van der Waals surface area contributed by atoms with Crippen LogP contribution in [0, 0.1) is 13.8 Å². The van der Waals surface area contributed by atoms with Crippen molar-refractivity contribution >= 4 is 39.5 Å². The molecule has 0 aliphatic carbocycles. The van der Waals surface area contributed by atoms with Gasteiger partial charge in [-0.2, -0.15) is 0 Å². The highest BCUT2D eigenvalue weighted by molar-refractivity contribution is 7.20. The van der Waals surface area contributed by atoms with Crippen LogP contribution >= 0.6 is 22.7 Å². The number of aryl methyl sites for hydroxylation is 1. The van der Waals surface area contributed by atoms with E-state index in [1.807, 2.05) is 44.2 Å². The van der Waals surface area contributed by atoms with Crippen LogP contribution in [0.5, 0.6) is 0 Å². The molecule has 3 aromatic rings. The van der Waals surface area contributed by atoms with Crippen molar-refractivity contribution in [1.82, 2.24) is 9.88 Å². The largest absolute Gasteiger partial charge is 0.378 e. The molecule has 29 heavy (non-hydrogen) atoms. The van der Waals surface area contributed by atoms with E-state index in [9.17, 15) is 9.59 Å². The summed E-state index contributed by atoms with van der Waals surface area (Å²) in [5.74, 6) is -0.375. The second-order valence-corrected chi connectivity index (χ2v) is 8.82. The number of carbonyl (C=O) groups is 2. The smallest absolute Gasteiger partial charge is 0.275 e. The topological polar surface area (TPSA) is 71.5 Å². The van der Waals surface area contributed by atoms with Gasteiger partial charge >= 0.3 is 0 Å². The molecule has 1 N–H and O–H groups in total. The number of ether oxygens (including phenoxy) is 1. The van der Waals surface area contributed by atoms with Crippen LogP contribution in [0.1, 0.15) is 31.4 Å². The number of benzene rings is 1. The van der Waals surface area contributed by atoms with E-state index in [2.05, 4.69) is 10.3 Å². The minimum atomic E-state index is -0.300. The van der Waals surface area contributed by atoms with E-state index < -0.39 is 0 Å². The molecule has 2 aromatic heterocycles. The number of hydrogen-bond acceptors (Lipinski definition) is 6. The zero-order chi connectivity index (χ0) is 20.4. The van der Waals surface area contributed by atoms with E-state index in [4.69, 9.17) is 4.74 Å². The standard InChI is InChI=1S/C21H21N3O3S2/c1-13-17(21(26)24-8-10-27-11-9-24)20(23-19(25)16-12-28-14(2)22-16)29-18(13)15-6-4-3-5-7-15/h3-7,12H,8-11H2,1-2H3,(H,23,25). The molecular formula is C21H21N3O3S2. The highest BCUT2D eigenvalue weighted by Gasteiger charge is 2.28. The molecule has 1 fully saturated rings. The summed E-state index contributed by atoms with van der Waals surface area (Å²) in [6.45, 7) is 5.95. The summed E-state index contributed by atoms with van der Waals surface area (Å²) in [6.07, 6.45) is 0. The molecule has 0 unspecified atom stereocenters. The summed E-state index contributed by atoms with van der Waals surface area (Å²) in [4.78, 5) is 33.1. The first kappa shape index (κ1) is 19.8. The molecule has 1 aromatic carbocycles. The molecule has 0 spiro atoms. The van der Waals surface area contributed by atoms with Gasteiger partial charge in [0.1, 0.15) is 10.7 Å². The lowest BCUT2D eigenvalue weighted by Crippen LogP contribution is -2.41. The Bertz CT molecular complexity index is 1040. The minimum Gasteiger partial charge on any atom is -0.378 e. The molecule has 3 heterocycles. The van der Waals surface area contributed by atoms with Crippen LogP contribution < -0.4 is 5.32 Å². The van der Waals surface area contributed by atoms with Crippen molar-refractivity contribution in [1.29, 1.82) is 0 Å². The summed E-state index contributed by atoms with van der Waals surface area (Å²) in [5.41, 5.74) is 2.82. The number of nitrogens with zero attached hydrogens (tertiary/aromatic N) is 2. The molecule has 2 amide bonds. The van der Waals surface area contributed by atoms with Crippen LogP contribution in [0.15, 0.2) is 35.7 Å². The first-order valence-corrected chi connectivity index (χ1v) is 11.0. The SMILES string of the molecule is Cc1nc(C(=O)Nc2sc(-c3ccccc3)c(C)c2C(=O)N2CCOCC2)cs1. The lowest BCUT2D eigenvalue weighted by atomic mass is 10.1. The molecule has 8 heteroatoms. The van der Waals surface area contributed by atoms with Crippen molar-refractivity contribution in [3.63, 3.8) is 0 Å². The van der Waals surface area contributed by atoms with Gasteiger partial charge in [0.25, 0.3) is 11.8 Å². The highest BCUT2D eigenvalue weighted by atomic mass is 32.1. The molecule has 4 rings (SSSR count). The van der Waals surface area contributed by atoms with Crippen LogP contribution in [-0.2, 0) is 4.74 Å². The molecule has 0 atom stereocenters. The molecule has 1 saturated heterocycles. The van der Waals surface area contributed by atoms with Gasteiger partial charge in [0.05, 0.1) is 23.8 Å². The quantitative estimate of drug-likeness (QED) is 0.677. The van der Waals surface area contributed by atoms with E-state index in [1.54, 1.807) is 10.3 Å². The van der Waals surface area contributed by atoms with Crippen LogP contribution in [0.2, 0.25) is 0 Å². The second kappa shape index (κ2) is 8.44. The summed E-state index contributed by atoms with van der Waals surface area (Å²) < 4.78 is 5.38. The predicted octanol–water partition coefficient (Wildman–Crippen LogP) is 4.21. The number of nitrogens with one attached hydrogen (secondary N) is 1. The maximum Gasteiger partial charge on any atom is 0.275 e. The van der Waals surface area contributed by atoms with Crippen molar-refractivity contribution in [2.24, 2.45) is 0 Å². The van der Waals surface area contributed by atoms with E-state index in [0.29, 0.717) is 42.6 Å². The third-order valence-corrected chi connectivity index (χ3v) is 6.80. The van der Waals surface area contributed by atoms with Crippen molar-refractivity contribution in [3.8, 4) is 10.4 Å². The summed E-state index contributed by atoms with van der Waals surface area (Å²) in [5, 5.41) is 6.05. The van der Waals surface area contributed by atoms with E-state index in [0.717, 1.165) is 21.0 Å². The minimum absolute atomic E-state index is 0.0750. The zero-order valence-electron chi connectivity index (χ0n) is 16.2. The molecule has 1 aliphatic heterocycles. The van der Waals surface area contributed by atoms with Crippen LogP contribution in [0.3, 0.4) is 0 Å². The van der Waals surface area contributed by atoms with Gasteiger partial charge in [0.15, 0.2) is 0 Å². The van der Waals surface area contributed by atoms with Crippen LogP contribution in [0.4, 0.5) is 5.00 Å². The zero-order valence-corrected chi connectivity index (χ0v) is 17.9. The lowest BCUT2D eigenvalue weighted by molar-refractivity contribution is 0.0303. The van der Waals surface area contributed by atoms with Crippen LogP contribution in [0.25, 0.3) is 10.4 Å². The number of carbonyl (C=O) groups excluding carboxylic acids is 2. The Morgan fingerprint density at radius 1 is 1.14 bits per heavy atom. The van der Waals surface area contributed by atoms with Crippen molar-refractivity contribution < 1.29 is 14.3 Å². The van der Waals surface area contributed by atoms with Gasteiger partial charge in [-0.3, -0.25) is 9.59 Å². The number of morpholine rings is 1. The Hall–Kier alpha value is -2.55. The Morgan fingerprint density at radius 2 is 1.86 bits per heavy atom. The van der Waals surface area contributed by atoms with E-state index >= 15 is 0 Å². The van der Waals surface area contributed by atoms with E-state index in [-0.39, 0.29) is 11.8 Å². The molecular weight excluding hydrogens is 406 g/mol. The average Bonchev–Trinajstić information content (AvgIpc) is 3.32. The van der Waals surface area contributed by atoms with Crippen molar-refractivity contribution in [2.45, 2.75) is 13.8 Å². The van der Waals surface area contributed by atoms with Gasteiger partial charge in [-0.15, -0.1) is 22.7 Å². The maximum atomic E-state index is 13.3. The maximum absolute atomic E-state index is 13.3. The third-order valence-electron chi connectivity index (χ3n) is 4.77. The number of aromatic nitrogens is 1. The van der Waals surface area contributed by atoms with Gasteiger partial charge in [0.2, 0.25) is 0 Å². The van der Waals surface area contributed by atoms with Gasteiger partial charge in [0, 0.05) is 23.3 Å². The molecule has 150 valence electrons. The number of hydrogen-bond donors (Lipinski definition) is 1. The number of thiophene rings is 1. The van der Waals surface area contributed by atoms with Gasteiger partial charge in [-0.05, 0) is 25.0 Å². The summed E-state index contributed by atoms with van der Waals surface area (Å²) in [7, 11) is 0. The van der Waals surface area contributed by atoms with Gasteiger partial charge in [-0.25, -0.2) is 4.98 Å². The number of rotatable bonds is 4. The fourth-order valence-corrected chi connectivity index (χ4v) is 5.08. The van der Waals surface area contributed by atoms with E-state index in [1.165, 1.54) is 22.7 Å². The Morgan fingerprint density at radius 3 is 2.52 bits per heavy atom. The third kappa shape index (κ3) is 4.10. The fraction of sp³-hybridized carbons (Fsp3) is 0.286. The first-order valence-electron chi connectivity index (χ1n) is 9.34. The molecule has 6 nitrogen and oxygen atoms in total. The highest BCUT2D eigenvalue weighted by Crippen LogP contribution is 2.40. The average molecular weight is 428 g/mol. The first-order chi connectivity index (χ1) is 14.0. The molecule has 0 bridgehead atoms. The molecule has 0 radical (unpaired) electrons.